The summed E-state index contributed by atoms with van der Waals surface area (Å²) >= 11 is 0. The largest absolute Gasteiger partial charge is 0.382 e. The zero-order valence-electron chi connectivity index (χ0n) is 9.02. The lowest BCUT2D eigenvalue weighted by Crippen LogP contribution is -2.38. The Kier molecular flexibility index (Phi) is 3.22. The monoisotopic (exact) mass is 220 g/mol. The van der Waals surface area contributed by atoms with Crippen LogP contribution in [0.1, 0.15) is 23.6 Å². The van der Waals surface area contributed by atoms with Gasteiger partial charge < -0.3 is 16.2 Å². The maximum atomic E-state index is 10.7. The molecule has 16 heavy (non-hydrogen) atoms. The highest BCUT2D eigenvalue weighted by molar-refractivity contribution is 5.78. The van der Waals surface area contributed by atoms with E-state index in [-0.39, 0.29) is 12.6 Å². The fraction of sp³-hybridized carbons (Fsp3) is 0.417. The summed E-state index contributed by atoms with van der Waals surface area (Å²) in [6.45, 7) is 0.217. The Morgan fingerprint density at radius 3 is 3.06 bits per heavy atom. The number of aliphatic hydroxyl groups is 1. The Bertz CT molecular complexity index is 392. The first kappa shape index (κ1) is 11.1. The van der Waals surface area contributed by atoms with E-state index in [1.165, 1.54) is 11.1 Å². The number of primary amides is 1. The fourth-order valence-electron chi connectivity index (χ4n) is 2.12. The fourth-order valence-corrected chi connectivity index (χ4v) is 2.12. The summed E-state index contributed by atoms with van der Waals surface area (Å²) in [4.78, 5) is 10.7. The van der Waals surface area contributed by atoms with E-state index >= 15 is 0 Å². The minimum Gasteiger partial charge on any atom is -0.382 e. The summed E-state index contributed by atoms with van der Waals surface area (Å²) in [5.41, 5.74) is 7.59. The second-order valence-corrected chi connectivity index (χ2v) is 4.12. The van der Waals surface area contributed by atoms with E-state index in [1.807, 2.05) is 12.1 Å². The molecule has 2 rings (SSSR count). The molecule has 0 saturated heterocycles. The molecule has 0 aliphatic heterocycles. The molecule has 1 aliphatic rings. The molecule has 4 heteroatoms. The van der Waals surface area contributed by atoms with Gasteiger partial charge in [0.2, 0.25) is 5.91 Å². The van der Waals surface area contributed by atoms with Gasteiger partial charge in [0.05, 0.1) is 0 Å². The molecule has 0 spiro atoms. The highest BCUT2D eigenvalue weighted by atomic mass is 16.3. The first-order chi connectivity index (χ1) is 7.68. The molecule has 0 saturated carbocycles. The molecule has 4 N–H and O–H groups in total. The standard InChI is InChI=1S/C12H16N2O2/c13-12(16)11(15)7-14-10-6-5-8-3-1-2-4-9(8)10/h1-4,10-11,14-15H,5-7H2,(H2,13,16). The molecule has 1 aromatic rings. The zero-order valence-corrected chi connectivity index (χ0v) is 9.02. The van der Waals surface area contributed by atoms with Crippen molar-refractivity contribution in [1.82, 2.24) is 5.32 Å². The number of carbonyl (C=O) groups is 1. The summed E-state index contributed by atoms with van der Waals surface area (Å²) in [7, 11) is 0. The third kappa shape index (κ3) is 2.23. The molecule has 1 aromatic carbocycles. The normalized spacial score (nSPS) is 20.4. The van der Waals surface area contributed by atoms with E-state index in [2.05, 4.69) is 17.4 Å². The van der Waals surface area contributed by atoms with Gasteiger partial charge in [0.25, 0.3) is 0 Å². The van der Waals surface area contributed by atoms with Crippen molar-refractivity contribution >= 4 is 5.91 Å². The van der Waals surface area contributed by atoms with Crippen LogP contribution in [0, 0.1) is 0 Å². The Morgan fingerprint density at radius 1 is 1.56 bits per heavy atom. The molecule has 86 valence electrons. The van der Waals surface area contributed by atoms with Gasteiger partial charge in [0.1, 0.15) is 6.10 Å². The third-order valence-corrected chi connectivity index (χ3v) is 3.02. The van der Waals surface area contributed by atoms with Crippen LogP contribution in [0.15, 0.2) is 24.3 Å². The summed E-state index contributed by atoms with van der Waals surface area (Å²) < 4.78 is 0. The van der Waals surface area contributed by atoms with Gasteiger partial charge in [0, 0.05) is 12.6 Å². The van der Waals surface area contributed by atoms with Crippen molar-refractivity contribution in [3.63, 3.8) is 0 Å². The molecule has 0 radical (unpaired) electrons. The summed E-state index contributed by atoms with van der Waals surface area (Å²) in [5, 5.41) is 12.5. The molecular weight excluding hydrogens is 204 g/mol. The van der Waals surface area contributed by atoms with E-state index < -0.39 is 12.0 Å². The van der Waals surface area contributed by atoms with E-state index in [9.17, 15) is 9.90 Å². The van der Waals surface area contributed by atoms with E-state index in [1.54, 1.807) is 0 Å². The molecule has 0 bridgehead atoms. The van der Waals surface area contributed by atoms with Gasteiger partial charge in [-0.15, -0.1) is 0 Å². The van der Waals surface area contributed by atoms with Gasteiger partial charge in [-0.2, -0.15) is 0 Å². The number of nitrogens with one attached hydrogen (secondary N) is 1. The Balaban J connectivity index is 1.96. The Hall–Kier alpha value is -1.39. The van der Waals surface area contributed by atoms with E-state index in [4.69, 9.17) is 5.73 Å². The Labute approximate surface area is 94.5 Å². The topological polar surface area (TPSA) is 75.4 Å². The van der Waals surface area contributed by atoms with Crippen molar-refractivity contribution in [2.24, 2.45) is 5.73 Å². The zero-order chi connectivity index (χ0) is 11.5. The van der Waals surface area contributed by atoms with Crippen LogP contribution in [0.5, 0.6) is 0 Å². The van der Waals surface area contributed by atoms with Gasteiger partial charge in [0.15, 0.2) is 0 Å². The molecule has 1 aliphatic carbocycles. The number of benzene rings is 1. The lowest BCUT2D eigenvalue weighted by atomic mass is 10.1. The Morgan fingerprint density at radius 2 is 2.31 bits per heavy atom. The lowest BCUT2D eigenvalue weighted by Gasteiger charge is -2.15. The minimum absolute atomic E-state index is 0.217. The number of hydrogen-bond acceptors (Lipinski definition) is 3. The molecule has 4 nitrogen and oxygen atoms in total. The highest BCUT2D eigenvalue weighted by Crippen LogP contribution is 2.30. The molecular formula is C12H16N2O2. The van der Waals surface area contributed by atoms with Crippen molar-refractivity contribution in [2.45, 2.75) is 25.0 Å². The average Bonchev–Trinajstić information content (AvgIpc) is 2.69. The van der Waals surface area contributed by atoms with Crippen LogP contribution >= 0.6 is 0 Å². The number of aliphatic hydroxyl groups excluding tert-OH is 1. The van der Waals surface area contributed by atoms with Crippen molar-refractivity contribution in [3.05, 3.63) is 35.4 Å². The van der Waals surface area contributed by atoms with Crippen LogP contribution in [0.2, 0.25) is 0 Å². The molecule has 0 aromatic heterocycles. The van der Waals surface area contributed by atoms with Crippen molar-refractivity contribution in [3.8, 4) is 0 Å². The maximum Gasteiger partial charge on any atom is 0.247 e. The van der Waals surface area contributed by atoms with Gasteiger partial charge in [-0.25, -0.2) is 0 Å². The van der Waals surface area contributed by atoms with Crippen LogP contribution in [0.4, 0.5) is 0 Å². The van der Waals surface area contributed by atoms with Crippen LogP contribution < -0.4 is 11.1 Å². The summed E-state index contributed by atoms with van der Waals surface area (Å²) in [5.74, 6) is -0.682. The number of rotatable bonds is 4. The molecule has 1 amide bonds. The predicted octanol–water partition coefficient (Wildman–Crippen LogP) is 0.110. The van der Waals surface area contributed by atoms with Crippen molar-refractivity contribution < 1.29 is 9.90 Å². The SMILES string of the molecule is NC(=O)C(O)CNC1CCc2ccccc21. The number of fused-ring (bicyclic) bond motifs is 1. The van der Waals surface area contributed by atoms with E-state index in [0.29, 0.717) is 0 Å². The van der Waals surface area contributed by atoms with Gasteiger partial charge >= 0.3 is 0 Å². The average molecular weight is 220 g/mol. The van der Waals surface area contributed by atoms with E-state index in [0.717, 1.165) is 12.8 Å². The lowest BCUT2D eigenvalue weighted by molar-refractivity contribution is -0.125. The smallest absolute Gasteiger partial charge is 0.247 e. The highest BCUT2D eigenvalue weighted by Gasteiger charge is 2.22. The van der Waals surface area contributed by atoms with Gasteiger partial charge in [-0.05, 0) is 24.0 Å². The van der Waals surface area contributed by atoms with Gasteiger partial charge in [-0.3, -0.25) is 4.79 Å². The van der Waals surface area contributed by atoms with Crippen LogP contribution in [-0.4, -0.2) is 23.7 Å². The number of nitrogens with two attached hydrogens (primary N) is 1. The van der Waals surface area contributed by atoms with Crippen LogP contribution in [0.3, 0.4) is 0 Å². The van der Waals surface area contributed by atoms with Crippen molar-refractivity contribution in [2.75, 3.05) is 6.54 Å². The number of hydrogen-bond donors (Lipinski definition) is 3. The quantitative estimate of drug-likeness (QED) is 0.674. The predicted molar refractivity (Wildman–Crippen MR) is 60.7 cm³/mol. The molecule has 0 fully saturated rings. The number of aryl methyl sites for hydroxylation is 1. The molecule has 2 atom stereocenters. The summed E-state index contributed by atoms with van der Waals surface area (Å²) in [6.07, 6.45) is 0.943. The molecule has 2 unspecified atom stereocenters. The minimum atomic E-state index is -1.10. The number of carbonyl (C=O) groups excluding carboxylic acids is 1. The van der Waals surface area contributed by atoms with Crippen LogP contribution in [-0.2, 0) is 11.2 Å². The summed E-state index contributed by atoms with van der Waals surface area (Å²) in [6, 6.07) is 8.45. The third-order valence-electron chi connectivity index (χ3n) is 3.02. The second-order valence-electron chi connectivity index (χ2n) is 4.12. The van der Waals surface area contributed by atoms with Gasteiger partial charge in [-0.1, -0.05) is 24.3 Å². The molecule has 0 heterocycles. The number of amides is 1. The van der Waals surface area contributed by atoms with Crippen LogP contribution in [0.25, 0.3) is 0 Å². The maximum absolute atomic E-state index is 10.7. The first-order valence-corrected chi connectivity index (χ1v) is 5.47. The first-order valence-electron chi connectivity index (χ1n) is 5.47. The second kappa shape index (κ2) is 4.63. The van der Waals surface area contributed by atoms with Crippen molar-refractivity contribution in [1.29, 1.82) is 0 Å².